The predicted octanol–water partition coefficient (Wildman–Crippen LogP) is 2.65. The topological polar surface area (TPSA) is 116 Å². The van der Waals surface area contributed by atoms with Crippen molar-refractivity contribution in [1.82, 2.24) is 9.94 Å². The van der Waals surface area contributed by atoms with Crippen molar-refractivity contribution in [3.8, 4) is 11.1 Å². The predicted molar refractivity (Wildman–Crippen MR) is 115 cm³/mol. The molecule has 0 atom stereocenters. The molecule has 1 amide bonds. The molecule has 0 radical (unpaired) electrons. The van der Waals surface area contributed by atoms with Gasteiger partial charge in [0.05, 0.1) is 23.2 Å². The van der Waals surface area contributed by atoms with E-state index >= 15 is 0 Å². The van der Waals surface area contributed by atoms with Gasteiger partial charge < -0.3 is 10.2 Å². The molecule has 0 spiro atoms. The van der Waals surface area contributed by atoms with Gasteiger partial charge in [0.1, 0.15) is 7.11 Å². The summed E-state index contributed by atoms with van der Waals surface area (Å²) in [4.78, 5) is 18.6. The van der Waals surface area contributed by atoms with Crippen molar-refractivity contribution < 1.29 is 18.0 Å². The highest BCUT2D eigenvalue weighted by Crippen LogP contribution is 2.31. The Kier molecular flexibility index (Phi) is 6.45. The maximum atomic E-state index is 12.4. The number of benzene rings is 2. The van der Waals surface area contributed by atoms with Gasteiger partial charge in [0, 0.05) is 21.8 Å². The second-order valence-electron chi connectivity index (χ2n) is 6.50. The fraction of sp³-hybridized carbons (Fsp3) is 0.200. The van der Waals surface area contributed by atoms with Crippen LogP contribution in [0.25, 0.3) is 11.1 Å². The number of rotatable bonds is 7. The van der Waals surface area contributed by atoms with Gasteiger partial charge in [-0.25, -0.2) is 13.6 Å². The van der Waals surface area contributed by atoms with E-state index in [1.165, 1.54) is 18.0 Å². The molecule has 30 heavy (non-hydrogen) atoms. The highest BCUT2D eigenvalue weighted by atomic mass is 35.5. The molecule has 1 aromatic heterocycles. The number of carbonyl (C=O) groups is 1. The molecule has 0 aliphatic heterocycles. The largest absolute Gasteiger partial charge is 0.400 e. The van der Waals surface area contributed by atoms with Crippen LogP contribution in [0.15, 0.2) is 53.6 Å². The molecule has 3 aromatic rings. The Labute approximate surface area is 179 Å². The van der Waals surface area contributed by atoms with Crippen molar-refractivity contribution in [1.29, 1.82) is 0 Å². The van der Waals surface area contributed by atoms with E-state index in [4.69, 9.17) is 21.6 Å². The zero-order valence-corrected chi connectivity index (χ0v) is 18.0. The van der Waals surface area contributed by atoms with Crippen LogP contribution >= 0.6 is 11.6 Å². The summed E-state index contributed by atoms with van der Waals surface area (Å²) < 4.78 is 24.5. The fourth-order valence-corrected chi connectivity index (χ4v) is 4.02. The Balaban J connectivity index is 1.95. The fourth-order valence-electron chi connectivity index (χ4n) is 3.04. The first-order chi connectivity index (χ1) is 14.2. The van der Waals surface area contributed by atoms with Gasteiger partial charge in [-0.15, -0.1) is 9.94 Å². The molecule has 1 heterocycles. The van der Waals surface area contributed by atoms with E-state index in [0.717, 1.165) is 0 Å². The molecule has 3 N–H and O–H groups in total. The molecule has 0 aliphatic rings. The Morgan fingerprint density at radius 3 is 2.60 bits per heavy atom. The summed E-state index contributed by atoms with van der Waals surface area (Å²) in [6, 6.07) is 11.5. The number of aryl methyl sites for hydroxylation is 1. The molecule has 10 heteroatoms. The lowest BCUT2D eigenvalue weighted by molar-refractivity contribution is -0.115. The van der Waals surface area contributed by atoms with E-state index in [-0.39, 0.29) is 17.2 Å². The number of hydrogen-bond acceptors (Lipinski definition) is 5. The maximum Gasteiger partial charge on any atom is 0.238 e. The number of nitrogens with one attached hydrogen (secondary N) is 1. The minimum atomic E-state index is -4.08. The first-order valence-electron chi connectivity index (χ1n) is 9.06. The molecule has 0 unspecified atom stereocenters. The summed E-state index contributed by atoms with van der Waals surface area (Å²) in [6.07, 6.45) is 2.19. The summed E-state index contributed by atoms with van der Waals surface area (Å²) in [5.41, 5.74) is 2.58. The Morgan fingerprint density at radius 1 is 1.23 bits per heavy atom. The van der Waals surface area contributed by atoms with Crippen LogP contribution in [0.1, 0.15) is 18.2 Å². The third-order valence-electron chi connectivity index (χ3n) is 4.46. The molecular weight excluding hydrogens is 428 g/mol. The van der Waals surface area contributed by atoms with Crippen LogP contribution in [0, 0.1) is 0 Å². The number of hydrogen-bond donors (Lipinski definition) is 2. The van der Waals surface area contributed by atoms with Crippen LogP contribution in [0.3, 0.4) is 0 Å². The summed E-state index contributed by atoms with van der Waals surface area (Å²) in [5, 5.41) is 12.9. The van der Waals surface area contributed by atoms with Crippen LogP contribution in [-0.2, 0) is 27.7 Å². The second kappa shape index (κ2) is 8.86. The SMILES string of the molecule is CCc1nn(OC)cc1-c1ccc(NC(=O)Cc2ccccc2Cl)cc1S(N)(=O)=O. The molecule has 2 aromatic carbocycles. The van der Waals surface area contributed by atoms with Crippen molar-refractivity contribution >= 4 is 33.2 Å². The zero-order valence-electron chi connectivity index (χ0n) is 16.4. The van der Waals surface area contributed by atoms with E-state index in [1.54, 1.807) is 42.6 Å². The summed E-state index contributed by atoms with van der Waals surface area (Å²) in [5.74, 6) is -0.335. The molecule has 0 fully saturated rings. The first kappa shape index (κ1) is 21.8. The minimum Gasteiger partial charge on any atom is -0.400 e. The van der Waals surface area contributed by atoms with Gasteiger partial charge in [-0.1, -0.05) is 42.8 Å². The standard InChI is InChI=1S/C20H21ClN4O4S/c1-3-18-16(12-25(24-18)29-2)15-9-8-14(11-19(15)30(22,27)28)23-20(26)10-13-6-4-5-7-17(13)21/h4-9,11-12H,3,10H2,1-2H3,(H,23,26)(H2,22,27,28). The van der Waals surface area contributed by atoms with Crippen LogP contribution in [0.5, 0.6) is 0 Å². The van der Waals surface area contributed by atoms with Gasteiger partial charge in [0.25, 0.3) is 0 Å². The lowest BCUT2D eigenvalue weighted by Crippen LogP contribution is -2.17. The average Bonchev–Trinajstić information content (AvgIpc) is 3.12. The Bertz CT molecular complexity index is 1190. The molecule has 158 valence electrons. The maximum absolute atomic E-state index is 12.4. The number of halogens is 1. The third kappa shape index (κ3) is 4.81. The number of nitrogens with zero attached hydrogens (tertiary/aromatic N) is 2. The third-order valence-corrected chi connectivity index (χ3v) is 5.78. The van der Waals surface area contributed by atoms with Gasteiger partial charge in [0.15, 0.2) is 0 Å². The number of carbonyl (C=O) groups excluding carboxylic acids is 1. The van der Waals surface area contributed by atoms with Crippen LogP contribution in [0.4, 0.5) is 5.69 Å². The molecule has 0 saturated heterocycles. The molecule has 0 bridgehead atoms. The lowest BCUT2D eigenvalue weighted by Gasteiger charge is -2.12. The van der Waals surface area contributed by atoms with E-state index in [1.807, 2.05) is 6.92 Å². The van der Waals surface area contributed by atoms with Gasteiger partial charge in [-0.3, -0.25) is 4.79 Å². The highest BCUT2D eigenvalue weighted by molar-refractivity contribution is 7.89. The number of primary sulfonamides is 1. The first-order valence-corrected chi connectivity index (χ1v) is 11.0. The zero-order chi connectivity index (χ0) is 21.9. The summed E-state index contributed by atoms with van der Waals surface area (Å²) >= 11 is 6.09. The smallest absolute Gasteiger partial charge is 0.238 e. The Hall–Kier alpha value is -2.88. The molecular formula is C20H21ClN4O4S. The van der Waals surface area contributed by atoms with Crippen LogP contribution in [-0.4, -0.2) is 31.4 Å². The minimum absolute atomic E-state index is 0.0483. The number of nitrogens with two attached hydrogens (primary N) is 1. The number of anilines is 1. The van der Waals surface area contributed by atoms with Crippen molar-refractivity contribution in [2.24, 2.45) is 5.14 Å². The van der Waals surface area contributed by atoms with Crippen molar-refractivity contribution in [3.63, 3.8) is 0 Å². The summed E-state index contributed by atoms with van der Waals surface area (Å²) in [6.45, 7) is 1.89. The van der Waals surface area contributed by atoms with Crippen molar-refractivity contribution in [2.75, 3.05) is 12.4 Å². The van der Waals surface area contributed by atoms with Crippen molar-refractivity contribution in [2.45, 2.75) is 24.7 Å². The van der Waals surface area contributed by atoms with Crippen molar-refractivity contribution in [3.05, 3.63) is 64.9 Å². The van der Waals surface area contributed by atoms with Crippen LogP contribution < -0.4 is 15.3 Å². The molecule has 0 saturated carbocycles. The highest BCUT2D eigenvalue weighted by Gasteiger charge is 2.21. The molecule has 8 nitrogen and oxygen atoms in total. The van der Waals surface area contributed by atoms with E-state index in [9.17, 15) is 13.2 Å². The van der Waals surface area contributed by atoms with Gasteiger partial charge in [-0.2, -0.15) is 0 Å². The normalized spacial score (nSPS) is 11.3. The second-order valence-corrected chi connectivity index (χ2v) is 8.44. The number of aromatic nitrogens is 2. The Morgan fingerprint density at radius 2 is 1.97 bits per heavy atom. The van der Waals surface area contributed by atoms with E-state index < -0.39 is 10.0 Å². The van der Waals surface area contributed by atoms with E-state index in [2.05, 4.69) is 10.4 Å². The van der Waals surface area contributed by atoms with Gasteiger partial charge >= 0.3 is 0 Å². The average molecular weight is 449 g/mol. The summed E-state index contributed by atoms with van der Waals surface area (Å²) in [7, 11) is -2.63. The lowest BCUT2D eigenvalue weighted by atomic mass is 10.0. The quantitative estimate of drug-likeness (QED) is 0.576. The molecule has 3 rings (SSSR count). The van der Waals surface area contributed by atoms with Gasteiger partial charge in [0.2, 0.25) is 15.9 Å². The molecule has 0 aliphatic carbocycles. The number of amides is 1. The van der Waals surface area contributed by atoms with Crippen LogP contribution in [0.2, 0.25) is 5.02 Å². The number of sulfonamides is 1. The van der Waals surface area contributed by atoms with Gasteiger partial charge in [-0.05, 0) is 30.2 Å². The van der Waals surface area contributed by atoms with E-state index in [0.29, 0.717) is 39.5 Å². The monoisotopic (exact) mass is 448 g/mol.